The Hall–Kier alpha value is -4.88. The third-order valence-corrected chi connectivity index (χ3v) is 11.3. The van der Waals surface area contributed by atoms with Crippen molar-refractivity contribution in [2.75, 3.05) is 29.4 Å². The number of hydrogen-bond donors (Lipinski definition) is 4. The fourth-order valence-corrected chi connectivity index (χ4v) is 7.93. The van der Waals surface area contributed by atoms with Crippen LogP contribution in [0.15, 0.2) is 67.0 Å². The van der Waals surface area contributed by atoms with E-state index in [1.807, 2.05) is 80.2 Å². The van der Waals surface area contributed by atoms with Gasteiger partial charge in [-0.2, -0.15) is 0 Å². The maximum atomic E-state index is 13.9. The number of carbonyl (C=O) groups excluding carboxylic acids is 1. The van der Waals surface area contributed by atoms with Crippen molar-refractivity contribution in [2.24, 2.45) is 18.9 Å². The van der Waals surface area contributed by atoms with E-state index in [0.717, 1.165) is 99.8 Å². The number of rotatable bonds is 12. The van der Waals surface area contributed by atoms with Crippen LogP contribution in [0.5, 0.6) is 0 Å². The topological polar surface area (TPSA) is 149 Å². The zero-order chi connectivity index (χ0) is 37.9. The summed E-state index contributed by atoms with van der Waals surface area (Å²) >= 11 is 6.80. The molecule has 3 aromatic heterocycles. The number of aliphatic hydroxyl groups is 1. The number of carbonyl (C=O) groups is 2. The summed E-state index contributed by atoms with van der Waals surface area (Å²) in [5.74, 6) is 0.131. The van der Waals surface area contributed by atoms with Gasteiger partial charge in [-0.3, -0.25) is 19.5 Å². The molecule has 0 spiro atoms. The number of pyridine rings is 2. The number of nitrogens with one attached hydrogen (secondary N) is 2. The Morgan fingerprint density at radius 2 is 1.87 bits per heavy atom. The molecule has 7 rings (SSSR count). The summed E-state index contributed by atoms with van der Waals surface area (Å²) in [7, 11) is 1.88. The van der Waals surface area contributed by atoms with Crippen molar-refractivity contribution in [3.8, 4) is 11.1 Å². The molecule has 1 fully saturated rings. The Balaban J connectivity index is 1.05. The lowest BCUT2D eigenvalue weighted by Gasteiger charge is -2.33. The number of amides is 1. The number of carboxylic acid groups (broad SMARTS) is 1. The van der Waals surface area contributed by atoms with Crippen molar-refractivity contribution in [2.45, 2.75) is 65.1 Å². The molecule has 1 atom stereocenters. The van der Waals surface area contributed by atoms with Gasteiger partial charge in [0.25, 0.3) is 0 Å². The van der Waals surface area contributed by atoms with Crippen LogP contribution in [0.3, 0.4) is 0 Å². The van der Waals surface area contributed by atoms with Crippen molar-refractivity contribution in [3.05, 3.63) is 95.3 Å². The second-order valence-corrected chi connectivity index (χ2v) is 15.0. The van der Waals surface area contributed by atoms with Gasteiger partial charge in [0.2, 0.25) is 5.82 Å². The zero-order valence-corrected chi connectivity index (χ0v) is 31.7. The van der Waals surface area contributed by atoms with Gasteiger partial charge >= 0.3 is 11.9 Å². The lowest BCUT2D eigenvalue weighted by molar-refractivity contribution is -0.143. The second-order valence-electron chi connectivity index (χ2n) is 14.7. The molecule has 5 aromatic rings. The van der Waals surface area contributed by atoms with Crippen LogP contribution < -0.4 is 15.1 Å². The van der Waals surface area contributed by atoms with Crippen molar-refractivity contribution < 1.29 is 19.8 Å². The van der Waals surface area contributed by atoms with Gasteiger partial charge in [0, 0.05) is 86.6 Å². The number of carboxylic acids is 1. The molecule has 0 bridgehead atoms. The molecular weight excluding hydrogens is 704 g/mol. The third-order valence-electron chi connectivity index (χ3n) is 11.0. The smallest absolute Gasteiger partial charge is 0.308 e. The van der Waals surface area contributed by atoms with E-state index in [1.165, 1.54) is 0 Å². The van der Waals surface area contributed by atoms with Crippen LogP contribution in [0, 0.1) is 18.8 Å². The summed E-state index contributed by atoms with van der Waals surface area (Å²) in [6.07, 6.45) is 7.71. The highest BCUT2D eigenvalue weighted by molar-refractivity contribution is 6.38. The van der Waals surface area contributed by atoms with Crippen molar-refractivity contribution in [1.82, 2.24) is 29.7 Å². The standard InChI is InChI=1S/C41H47ClN8O4/c1-25(24-51)44-20-28-18-31-14-16-43-38(37(31)45-21-28)46-34-9-5-8-33(26(34)2)30-6-4-7-32(19-30)50(42)40(52)39-47-35-23-49(17-15-36(35)48(39)3)22-27-10-12-29(13-11-27)41(53)54/h4-9,14,16,18-19,21,25,27,29,44,51H,10-13,15,17,20,22-24H2,1-3H3,(H,43,46)(H,53,54). The number of benzene rings is 2. The normalized spacial score (nSPS) is 17.9. The van der Waals surface area contributed by atoms with Crippen molar-refractivity contribution in [3.63, 3.8) is 0 Å². The largest absolute Gasteiger partial charge is 0.481 e. The number of fused-ring (bicyclic) bond motifs is 2. The predicted octanol–water partition coefficient (Wildman–Crippen LogP) is 6.60. The number of aliphatic carboxylic acids is 1. The molecule has 1 unspecified atom stereocenters. The van der Waals surface area contributed by atoms with E-state index in [1.54, 1.807) is 6.20 Å². The zero-order valence-electron chi connectivity index (χ0n) is 30.9. The van der Waals surface area contributed by atoms with Crippen LogP contribution in [-0.4, -0.2) is 72.2 Å². The third kappa shape index (κ3) is 7.97. The highest BCUT2D eigenvalue weighted by Gasteiger charge is 2.31. The van der Waals surface area contributed by atoms with Crippen LogP contribution in [0.4, 0.5) is 17.2 Å². The van der Waals surface area contributed by atoms with E-state index < -0.39 is 11.9 Å². The first-order chi connectivity index (χ1) is 26.1. The molecule has 2 aromatic carbocycles. The minimum Gasteiger partial charge on any atom is -0.481 e. The SMILES string of the molecule is Cc1c(Nc2nccc3cc(CNC(C)CO)cnc23)cccc1-c1cccc(N(Cl)C(=O)c2nc3c(n2C)CCN(CC2CCC(C(=O)O)CC2)C3)c1. The van der Waals surface area contributed by atoms with E-state index in [2.05, 4.69) is 26.6 Å². The van der Waals surface area contributed by atoms with Gasteiger partial charge in [-0.25, -0.2) is 14.4 Å². The number of hydrogen-bond acceptors (Lipinski definition) is 9. The van der Waals surface area contributed by atoms with E-state index in [9.17, 15) is 19.8 Å². The Bertz CT molecular complexity index is 2160. The Kier molecular flexibility index (Phi) is 11.3. The van der Waals surface area contributed by atoms with Gasteiger partial charge in [0.1, 0.15) is 5.52 Å². The van der Waals surface area contributed by atoms with Gasteiger partial charge in [-0.1, -0.05) is 24.3 Å². The van der Waals surface area contributed by atoms with Gasteiger partial charge in [-0.15, -0.1) is 0 Å². The number of anilines is 3. The predicted molar refractivity (Wildman–Crippen MR) is 211 cm³/mol. The van der Waals surface area contributed by atoms with Crippen molar-refractivity contribution in [1.29, 1.82) is 0 Å². The average Bonchev–Trinajstić information content (AvgIpc) is 3.52. The summed E-state index contributed by atoms with van der Waals surface area (Å²) in [6, 6.07) is 17.6. The first kappa shape index (κ1) is 37.4. The average molecular weight is 751 g/mol. The second kappa shape index (κ2) is 16.2. The summed E-state index contributed by atoms with van der Waals surface area (Å²) in [4.78, 5) is 41.8. The molecule has 4 heterocycles. The van der Waals surface area contributed by atoms with Gasteiger partial charge in [0.05, 0.1) is 23.9 Å². The highest BCUT2D eigenvalue weighted by atomic mass is 35.5. The van der Waals surface area contributed by atoms with Crippen LogP contribution in [0.2, 0.25) is 0 Å². The number of halogens is 1. The van der Waals surface area contributed by atoms with Gasteiger partial charge in [0.15, 0.2) is 5.82 Å². The first-order valence-electron chi connectivity index (χ1n) is 18.6. The molecule has 54 heavy (non-hydrogen) atoms. The molecule has 0 saturated heterocycles. The van der Waals surface area contributed by atoms with Crippen LogP contribution in [0.25, 0.3) is 22.0 Å². The molecular formula is C41H47ClN8O4. The lowest BCUT2D eigenvalue weighted by Crippen LogP contribution is -2.36. The Morgan fingerprint density at radius 1 is 1.07 bits per heavy atom. The van der Waals surface area contributed by atoms with Crippen LogP contribution >= 0.6 is 11.8 Å². The summed E-state index contributed by atoms with van der Waals surface area (Å²) in [6.45, 7) is 7.09. The molecule has 1 amide bonds. The Labute approximate surface area is 320 Å². The van der Waals surface area contributed by atoms with E-state index >= 15 is 0 Å². The molecule has 4 N–H and O–H groups in total. The maximum Gasteiger partial charge on any atom is 0.308 e. The minimum atomic E-state index is -0.679. The number of nitrogens with zero attached hydrogens (tertiary/aromatic N) is 6. The van der Waals surface area contributed by atoms with E-state index in [4.69, 9.17) is 21.7 Å². The fourth-order valence-electron chi connectivity index (χ4n) is 7.75. The number of imidazole rings is 1. The maximum absolute atomic E-state index is 13.9. The Morgan fingerprint density at radius 3 is 2.65 bits per heavy atom. The molecule has 1 aliphatic heterocycles. The number of aromatic nitrogens is 4. The highest BCUT2D eigenvalue weighted by Crippen LogP contribution is 2.35. The quantitative estimate of drug-likeness (QED) is 0.103. The van der Waals surface area contributed by atoms with Crippen molar-refractivity contribution >= 4 is 51.7 Å². The first-order valence-corrected chi connectivity index (χ1v) is 19.0. The van der Waals surface area contributed by atoms with E-state index in [0.29, 0.717) is 36.3 Å². The monoisotopic (exact) mass is 750 g/mol. The molecule has 2 aliphatic rings. The minimum absolute atomic E-state index is 0.00559. The fraction of sp³-hybridized carbons (Fsp3) is 0.390. The van der Waals surface area contributed by atoms with Gasteiger partial charge < -0.3 is 25.4 Å². The molecule has 282 valence electrons. The summed E-state index contributed by atoms with van der Waals surface area (Å²) < 4.78 is 3.02. The molecule has 1 saturated carbocycles. The number of aliphatic hydroxyl groups excluding tert-OH is 1. The molecule has 0 radical (unpaired) electrons. The lowest BCUT2D eigenvalue weighted by atomic mass is 9.81. The van der Waals surface area contributed by atoms with E-state index in [-0.39, 0.29) is 18.6 Å². The summed E-state index contributed by atoms with van der Waals surface area (Å²) in [5.41, 5.74) is 8.00. The molecule has 12 nitrogen and oxygen atoms in total. The van der Waals surface area contributed by atoms with Crippen LogP contribution in [0.1, 0.15) is 65.7 Å². The molecule has 13 heteroatoms. The van der Waals surface area contributed by atoms with Gasteiger partial charge in [-0.05, 0) is 98.0 Å². The summed E-state index contributed by atoms with van der Waals surface area (Å²) in [5, 5.41) is 26.4. The molecule has 1 aliphatic carbocycles. The van der Waals surface area contributed by atoms with Crippen LogP contribution in [-0.2, 0) is 31.4 Å².